The monoisotopic (exact) mass is 326 g/mol. The van der Waals surface area contributed by atoms with Crippen molar-refractivity contribution in [3.05, 3.63) is 33.9 Å². The Kier molecular flexibility index (Phi) is 5.63. The third-order valence-electron chi connectivity index (χ3n) is 2.47. The van der Waals surface area contributed by atoms with Crippen LogP contribution in [0.1, 0.15) is 37.6 Å². The number of carboxylic acids is 1. The van der Waals surface area contributed by atoms with Gasteiger partial charge in [-0.15, -0.1) is 0 Å². The minimum Gasteiger partial charge on any atom is -0.478 e. The lowest BCUT2D eigenvalue weighted by molar-refractivity contribution is -0.384. The third-order valence-corrected chi connectivity index (χ3v) is 2.47. The number of aromatic carboxylic acids is 1. The Balaban J connectivity index is 2.89. The molecule has 23 heavy (non-hydrogen) atoms. The van der Waals surface area contributed by atoms with E-state index in [9.17, 15) is 19.7 Å². The molecule has 9 heteroatoms. The minimum absolute atomic E-state index is 0.289. The number of nitro groups is 1. The second-order valence-corrected chi connectivity index (χ2v) is 5.69. The molecular formula is C14H18N2O7. The van der Waals surface area contributed by atoms with Crippen LogP contribution in [0.15, 0.2) is 18.2 Å². The molecule has 0 aliphatic rings. The van der Waals surface area contributed by atoms with Crippen LogP contribution in [0.4, 0.5) is 5.69 Å². The lowest BCUT2D eigenvalue weighted by atomic mass is 10.2. The van der Waals surface area contributed by atoms with E-state index in [0.29, 0.717) is 0 Å². The summed E-state index contributed by atoms with van der Waals surface area (Å²) in [6.45, 7) is 5.04. The average molecular weight is 326 g/mol. The topological polar surface area (TPSA) is 142 Å². The van der Waals surface area contributed by atoms with Gasteiger partial charge in [0.2, 0.25) is 0 Å². The van der Waals surface area contributed by atoms with Crippen LogP contribution in [0.2, 0.25) is 0 Å². The summed E-state index contributed by atoms with van der Waals surface area (Å²) < 4.78 is 10.2. The van der Waals surface area contributed by atoms with Gasteiger partial charge in [-0.2, -0.15) is 0 Å². The van der Waals surface area contributed by atoms with Gasteiger partial charge in [0, 0.05) is 6.07 Å². The molecule has 1 atom stereocenters. The van der Waals surface area contributed by atoms with Crippen molar-refractivity contribution >= 4 is 17.6 Å². The van der Waals surface area contributed by atoms with E-state index in [1.54, 1.807) is 20.8 Å². The number of nitrogens with two attached hydrogens (primary N) is 1. The number of carboxylic acid groups (broad SMARTS) is 1. The molecule has 0 aliphatic heterocycles. The predicted octanol–water partition coefficient (Wildman–Crippen LogP) is 1.69. The van der Waals surface area contributed by atoms with Crippen LogP contribution in [0.25, 0.3) is 0 Å². The van der Waals surface area contributed by atoms with E-state index in [1.807, 2.05) is 0 Å². The van der Waals surface area contributed by atoms with Gasteiger partial charge in [0.25, 0.3) is 5.69 Å². The summed E-state index contributed by atoms with van der Waals surface area (Å²) in [5, 5.41) is 19.8. The summed E-state index contributed by atoms with van der Waals surface area (Å²) in [7, 11) is 0. The van der Waals surface area contributed by atoms with Crippen LogP contribution in [0.3, 0.4) is 0 Å². The molecule has 0 heterocycles. The number of non-ortho nitro benzene ring substituents is 1. The SMILES string of the molecule is CC(C)(C)OC(=O)CC(N)Oc1cc([N+](=O)[O-])ccc1C(=O)O. The second-order valence-electron chi connectivity index (χ2n) is 5.69. The first-order valence-electron chi connectivity index (χ1n) is 6.65. The van der Waals surface area contributed by atoms with E-state index in [1.165, 1.54) is 0 Å². The third kappa shape index (κ3) is 5.91. The number of esters is 1. The summed E-state index contributed by atoms with van der Waals surface area (Å²) in [6, 6.07) is 3.02. The van der Waals surface area contributed by atoms with Gasteiger partial charge in [-0.1, -0.05) is 0 Å². The Morgan fingerprint density at radius 3 is 2.48 bits per heavy atom. The van der Waals surface area contributed by atoms with Gasteiger partial charge in [0.15, 0.2) is 6.23 Å². The zero-order valence-corrected chi connectivity index (χ0v) is 12.9. The Morgan fingerprint density at radius 1 is 1.39 bits per heavy atom. The normalized spacial score (nSPS) is 12.3. The van der Waals surface area contributed by atoms with Crippen molar-refractivity contribution < 1.29 is 29.1 Å². The van der Waals surface area contributed by atoms with Gasteiger partial charge in [-0.3, -0.25) is 20.6 Å². The maximum atomic E-state index is 11.6. The van der Waals surface area contributed by atoms with Crippen molar-refractivity contribution in [2.45, 2.75) is 39.0 Å². The number of benzene rings is 1. The van der Waals surface area contributed by atoms with E-state index in [4.69, 9.17) is 20.3 Å². The van der Waals surface area contributed by atoms with Gasteiger partial charge in [-0.25, -0.2) is 4.79 Å². The van der Waals surface area contributed by atoms with Crippen LogP contribution < -0.4 is 10.5 Å². The first-order valence-corrected chi connectivity index (χ1v) is 6.65. The lowest BCUT2D eigenvalue weighted by Gasteiger charge is -2.21. The van der Waals surface area contributed by atoms with Gasteiger partial charge >= 0.3 is 11.9 Å². The minimum atomic E-state index is -1.33. The fraction of sp³-hybridized carbons (Fsp3) is 0.429. The molecule has 9 nitrogen and oxygen atoms in total. The smallest absolute Gasteiger partial charge is 0.339 e. The summed E-state index contributed by atoms with van der Waals surface area (Å²) in [5.41, 5.74) is 4.29. The molecule has 0 saturated heterocycles. The quantitative estimate of drug-likeness (QED) is 0.348. The van der Waals surface area contributed by atoms with Crippen molar-refractivity contribution in [1.82, 2.24) is 0 Å². The Bertz CT molecular complexity index is 622. The number of nitro benzene ring substituents is 1. The predicted molar refractivity (Wildman–Crippen MR) is 79.1 cm³/mol. The number of hydrogen-bond donors (Lipinski definition) is 2. The molecule has 0 amide bonds. The van der Waals surface area contributed by atoms with Crippen LogP contribution in [0, 0.1) is 10.1 Å². The van der Waals surface area contributed by atoms with Gasteiger partial charge < -0.3 is 14.6 Å². The highest BCUT2D eigenvalue weighted by atomic mass is 16.6. The molecule has 0 fully saturated rings. The van der Waals surface area contributed by atoms with Gasteiger partial charge in [0.05, 0.1) is 17.4 Å². The highest BCUT2D eigenvalue weighted by Gasteiger charge is 2.22. The molecule has 0 spiro atoms. The number of rotatable bonds is 6. The second kappa shape index (κ2) is 7.05. The molecule has 3 N–H and O–H groups in total. The van der Waals surface area contributed by atoms with Crippen molar-refractivity contribution in [2.24, 2.45) is 5.73 Å². The summed E-state index contributed by atoms with van der Waals surface area (Å²) in [6.07, 6.45) is -1.54. The summed E-state index contributed by atoms with van der Waals surface area (Å²) >= 11 is 0. The van der Waals surface area contributed by atoms with Gasteiger partial charge in [0.1, 0.15) is 16.9 Å². The highest BCUT2D eigenvalue weighted by molar-refractivity contribution is 5.91. The van der Waals surface area contributed by atoms with Crippen molar-refractivity contribution in [2.75, 3.05) is 0 Å². The van der Waals surface area contributed by atoms with E-state index in [0.717, 1.165) is 18.2 Å². The van der Waals surface area contributed by atoms with Crippen LogP contribution in [0.5, 0.6) is 5.75 Å². The fourth-order valence-electron chi connectivity index (χ4n) is 1.65. The maximum Gasteiger partial charge on any atom is 0.339 e. The van der Waals surface area contributed by atoms with Crippen molar-refractivity contribution in [3.63, 3.8) is 0 Å². The zero-order chi connectivity index (χ0) is 17.8. The van der Waals surface area contributed by atoms with E-state index < -0.39 is 28.7 Å². The molecule has 126 valence electrons. The number of carbonyl (C=O) groups excluding carboxylic acids is 1. The number of nitrogens with zero attached hydrogens (tertiary/aromatic N) is 1. The first-order chi connectivity index (χ1) is 10.5. The largest absolute Gasteiger partial charge is 0.478 e. The van der Waals surface area contributed by atoms with Crippen LogP contribution in [-0.4, -0.2) is 33.8 Å². The summed E-state index contributed by atoms with van der Waals surface area (Å²) in [4.78, 5) is 32.8. The Hall–Kier alpha value is -2.68. The van der Waals surface area contributed by atoms with E-state index in [-0.39, 0.29) is 23.4 Å². The molecule has 0 bridgehead atoms. The van der Waals surface area contributed by atoms with E-state index in [2.05, 4.69) is 0 Å². The molecule has 1 aromatic rings. The molecule has 1 unspecified atom stereocenters. The van der Waals surface area contributed by atoms with E-state index >= 15 is 0 Å². The highest BCUT2D eigenvalue weighted by Crippen LogP contribution is 2.26. The lowest BCUT2D eigenvalue weighted by Crippen LogP contribution is -2.34. The zero-order valence-electron chi connectivity index (χ0n) is 12.9. The molecular weight excluding hydrogens is 308 g/mol. The van der Waals surface area contributed by atoms with Crippen molar-refractivity contribution in [1.29, 1.82) is 0 Å². The molecule has 0 aliphatic carbocycles. The number of hydrogen-bond acceptors (Lipinski definition) is 7. The molecule has 0 saturated carbocycles. The molecule has 1 aromatic carbocycles. The van der Waals surface area contributed by atoms with Crippen LogP contribution >= 0.6 is 0 Å². The number of carbonyl (C=O) groups is 2. The molecule has 0 radical (unpaired) electrons. The molecule has 0 aromatic heterocycles. The average Bonchev–Trinajstić information content (AvgIpc) is 2.35. The van der Waals surface area contributed by atoms with Crippen LogP contribution in [-0.2, 0) is 9.53 Å². The standard InChI is InChI=1S/C14H18N2O7/c1-14(2,3)23-12(17)7-11(15)22-10-6-8(16(20)21)4-5-9(10)13(18)19/h4-6,11H,7,15H2,1-3H3,(H,18,19). The van der Waals surface area contributed by atoms with Gasteiger partial charge in [-0.05, 0) is 26.8 Å². The Labute approximate surface area is 132 Å². The first kappa shape index (κ1) is 18.4. The molecule has 1 rings (SSSR count). The van der Waals surface area contributed by atoms with Crippen molar-refractivity contribution in [3.8, 4) is 5.75 Å². The summed E-state index contributed by atoms with van der Waals surface area (Å²) in [5.74, 6) is -2.26. The maximum absolute atomic E-state index is 11.6. The fourth-order valence-corrected chi connectivity index (χ4v) is 1.65. The Morgan fingerprint density at radius 2 is 2.00 bits per heavy atom. The number of ether oxygens (including phenoxy) is 2.